The van der Waals surface area contributed by atoms with Gasteiger partial charge in [0.1, 0.15) is 0 Å². The maximum absolute atomic E-state index is 11.7. The van der Waals surface area contributed by atoms with E-state index in [9.17, 15) is 4.79 Å². The molecule has 0 aliphatic rings. The van der Waals surface area contributed by atoms with Gasteiger partial charge in [0, 0.05) is 6.04 Å². The maximum atomic E-state index is 11.7. The average molecular weight is 281 g/mol. The fourth-order valence-electron chi connectivity index (χ4n) is 1.71. The van der Waals surface area contributed by atoms with E-state index in [1.165, 1.54) is 0 Å². The van der Waals surface area contributed by atoms with Crippen LogP contribution >= 0.6 is 0 Å². The van der Waals surface area contributed by atoms with Crippen LogP contribution in [0.3, 0.4) is 0 Å². The third kappa shape index (κ3) is 4.33. The fourth-order valence-corrected chi connectivity index (χ4v) is 1.71. The molecule has 1 atom stereocenters. The second-order valence-corrected chi connectivity index (χ2v) is 4.66. The van der Waals surface area contributed by atoms with Crippen LogP contribution in [0.1, 0.15) is 25.8 Å². The highest BCUT2D eigenvalue weighted by Crippen LogP contribution is 2.38. The van der Waals surface area contributed by atoms with Crippen molar-refractivity contribution in [1.82, 2.24) is 5.32 Å². The van der Waals surface area contributed by atoms with E-state index in [4.69, 9.17) is 14.2 Å². The van der Waals surface area contributed by atoms with E-state index in [0.29, 0.717) is 17.2 Å². The number of ether oxygens (including phenoxy) is 3. The number of carbonyl (C=O) groups excluding carboxylic acids is 1. The number of aryl methyl sites for hydroxylation is 1. The normalized spacial score (nSPS) is 11.7. The van der Waals surface area contributed by atoms with Crippen LogP contribution in [0.25, 0.3) is 0 Å². The van der Waals surface area contributed by atoms with Crippen molar-refractivity contribution in [1.29, 1.82) is 0 Å². The van der Waals surface area contributed by atoms with Crippen molar-refractivity contribution in [3.8, 4) is 17.2 Å². The van der Waals surface area contributed by atoms with Crippen LogP contribution in [0.15, 0.2) is 12.1 Å². The third-order valence-electron chi connectivity index (χ3n) is 2.97. The summed E-state index contributed by atoms with van der Waals surface area (Å²) in [5.74, 6) is 1.39. The van der Waals surface area contributed by atoms with Crippen molar-refractivity contribution in [3.63, 3.8) is 0 Å². The minimum Gasteiger partial charge on any atom is -0.493 e. The molecule has 1 rings (SSSR count). The van der Waals surface area contributed by atoms with Gasteiger partial charge in [0.15, 0.2) is 18.1 Å². The molecule has 1 amide bonds. The molecule has 0 fully saturated rings. The highest BCUT2D eigenvalue weighted by Gasteiger charge is 2.15. The molecule has 112 valence electrons. The molecule has 0 spiro atoms. The molecule has 0 unspecified atom stereocenters. The SMILES string of the molecule is CC[C@H](C)NC(=O)COc1c(OC)cc(C)cc1OC. The predicted octanol–water partition coefficient (Wildman–Crippen LogP) is 2.31. The van der Waals surface area contributed by atoms with Gasteiger partial charge in [-0.1, -0.05) is 6.92 Å². The van der Waals surface area contributed by atoms with Crippen molar-refractivity contribution in [2.24, 2.45) is 0 Å². The van der Waals surface area contributed by atoms with Gasteiger partial charge in [-0.05, 0) is 38.0 Å². The number of hydrogen-bond acceptors (Lipinski definition) is 4. The van der Waals surface area contributed by atoms with E-state index in [1.807, 2.05) is 32.9 Å². The Morgan fingerprint density at radius 2 is 1.80 bits per heavy atom. The predicted molar refractivity (Wildman–Crippen MR) is 77.7 cm³/mol. The molecule has 0 aliphatic carbocycles. The zero-order chi connectivity index (χ0) is 15.1. The van der Waals surface area contributed by atoms with E-state index in [2.05, 4.69) is 5.32 Å². The summed E-state index contributed by atoms with van der Waals surface area (Å²) in [6.07, 6.45) is 0.878. The standard InChI is InChI=1S/C15H23NO4/c1-6-11(3)16-14(17)9-20-15-12(18-4)7-10(2)8-13(15)19-5/h7-8,11H,6,9H2,1-5H3,(H,16,17)/t11-/m0/s1. The summed E-state index contributed by atoms with van der Waals surface area (Å²) in [7, 11) is 3.11. The van der Waals surface area contributed by atoms with Gasteiger partial charge in [0.25, 0.3) is 5.91 Å². The maximum Gasteiger partial charge on any atom is 0.258 e. The molecular formula is C15H23NO4. The monoisotopic (exact) mass is 281 g/mol. The van der Waals surface area contributed by atoms with Gasteiger partial charge in [-0.3, -0.25) is 4.79 Å². The van der Waals surface area contributed by atoms with E-state index < -0.39 is 0 Å². The van der Waals surface area contributed by atoms with Crippen LogP contribution in [0.4, 0.5) is 0 Å². The molecule has 20 heavy (non-hydrogen) atoms. The van der Waals surface area contributed by atoms with Crippen molar-refractivity contribution in [2.45, 2.75) is 33.2 Å². The van der Waals surface area contributed by atoms with Gasteiger partial charge in [0.2, 0.25) is 5.75 Å². The number of rotatable bonds is 7. The molecule has 1 N–H and O–H groups in total. The Morgan fingerprint density at radius 1 is 1.25 bits per heavy atom. The Bertz CT molecular complexity index is 434. The summed E-state index contributed by atoms with van der Waals surface area (Å²) in [6, 6.07) is 3.81. The molecule has 0 aromatic heterocycles. The Balaban J connectivity index is 2.78. The number of nitrogens with one attached hydrogen (secondary N) is 1. The van der Waals surface area contributed by atoms with Crippen LogP contribution in [0.2, 0.25) is 0 Å². The van der Waals surface area contributed by atoms with Crippen molar-refractivity contribution in [3.05, 3.63) is 17.7 Å². The van der Waals surface area contributed by atoms with Crippen molar-refractivity contribution in [2.75, 3.05) is 20.8 Å². The van der Waals surface area contributed by atoms with Gasteiger partial charge >= 0.3 is 0 Å². The molecule has 0 radical (unpaired) electrons. The minimum absolute atomic E-state index is 0.0693. The summed E-state index contributed by atoms with van der Waals surface area (Å²) in [4.78, 5) is 11.7. The topological polar surface area (TPSA) is 56.8 Å². The summed E-state index contributed by atoms with van der Waals surface area (Å²) in [5, 5.41) is 2.84. The molecular weight excluding hydrogens is 258 g/mol. The molecule has 0 saturated heterocycles. The molecule has 0 bridgehead atoms. The quantitative estimate of drug-likeness (QED) is 0.833. The summed E-state index contributed by atoms with van der Waals surface area (Å²) in [5.41, 5.74) is 0.995. The number of amides is 1. The van der Waals surface area contributed by atoms with Crippen LogP contribution in [0, 0.1) is 6.92 Å². The molecule has 5 heteroatoms. The first kappa shape index (κ1) is 16.1. The third-order valence-corrected chi connectivity index (χ3v) is 2.97. The average Bonchev–Trinajstić information content (AvgIpc) is 2.44. The van der Waals surface area contributed by atoms with Crippen LogP contribution in [-0.4, -0.2) is 32.8 Å². The van der Waals surface area contributed by atoms with Crippen molar-refractivity contribution >= 4 is 5.91 Å². The van der Waals surface area contributed by atoms with E-state index in [-0.39, 0.29) is 18.6 Å². The smallest absolute Gasteiger partial charge is 0.258 e. The largest absolute Gasteiger partial charge is 0.493 e. The van der Waals surface area contributed by atoms with E-state index in [0.717, 1.165) is 12.0 Å². The van der Waals surface area contributed by atoms with Gasteiger partial charge in [-0.2, -0.15) is 0 Å². The lowest BCUT2D eigenvalue weighted by molar-refractivity contribution is -0.123. The van der Waals surface area contributed by atoms with Gasteiger partial charge in [-0.25, -0.2) is 0 Å². The lowest BCUT2D eigenvalue weighted by atomic mass is 10.2. The number of hydrogen-bond donors (Lipinski definition) is 1. The zero-order valence-corrected chi connectivity index (χ0v) is 12.8. The van der Waals surface area contributed by atoms with Gasteiger partial charge in [0.05, 0.1) is 14.2 Å². The highest BCUT2D eigenvalue weighted by atomic mass is 16.5. The lowest BCUT2D eigenvalue weighted by Gasteiger charge is -2.16. The molecule has 0 aliphatic heterocycles. The number of methoxy groups -OCH3 is 2. The van der Waals surface area contributed by atoms with Crippen LogP contribution < -0.4 is 19.5 Å². The fraction of sp³-hybridized carbons (Fsp3) is 0.533. The number of benzene rings is 1. The van der Waals surface area contributed by atoms with Crippen LogP contribution in [0.5, 0.6) is 17.2 Å². The Labute approximate surface area is 120 Å². The Morgan fingerprint density at radius 3 is 2.25 bits per heavy atom. The van der Waals surface area contributed by atoms with Crippen molar-refractivity contribution < 1.29 is 19.0 Å². The minimum atomic E-state index is -0.163. The highest BCUT2D eigenvalue weighted by molar-refractivity contribution is 5.78. The Hall–Kier alpha value is -1.91. The summed E-state index contributed by atoms with van der Waals surface area (Å²) >= 11 is 0. The first-order chi connectivity index (χ1) is 9.51. The molecule has 5 nitrogen and oxygen atoms in total. The molecule has 0 saturated carbocycles. The Kier molecular flexibility index (Phi) is 6.15. The number of carbonyl (C=O) groups is 1. The van der Waals surface area contributed by atoms with E-state index >= 15 is 0 Å². The summed E-state index contributed by atoms with van der Waals surface area (Å²) < 4.78 is 16.1. The second kappa shape index (κ2) is 7.62. The molecule has 0 heterocycles. The van der Waals surface area contributed by atoms with Gasteiger partial charge in [-0.15, -0.1) is 0 Å². The van der Waals surface area contributed by atoms with E-state index in [1.54, 1.807) is 14.2 Å². The molecule has 1 aromatic carbocycles. The summed E-state index contributed by atoms with van der Waals surface area (Å²) in [6.45, 7) is 5.83. The molecule has 1 aromatic rings. The van der Waals surface area contributed by atoms with Gasteiger partial charge < -0.3 is 19.5 Å². The first-order valence-corrected chi connectivity index (χ1v) is 6.66. The lowest BCUT2D eigenvalue weighted by Crippen LogP contribution is -2.35. The second-order valence-electron chi connectivity index (χ2n) is 4.66. The zero-order valence-electron chi connectivity index (χ0n) is 12.8. The first-order valence-electron chi connectivity index (χ1n) is 6.66. The van der Waals surface area contributed by atoms with Crippen LogP contribution in [-0.2, 0) is 4.79 Å².